The van der Waals surface area contributed by atoms with Crippen LogP contribution >= 0.6 is 0 Å². The monoisotopic (exact) mass is 306 g/mol. The standard InChI is InChI=1S/C11H13F3N4O3/c1-9(2)4-10(9,8(20)21)16-6(19)3-18-5-15-7(17-18)11(12,13)14/h5H,3-4H2,1-2H3,(H,16,19)(H,20,21). The Balaban J connectivity index is 2.03. The molecule has 0 bridgehead atoms. The molecular weight excluding hydrogens is 293 g/mol. The van der Waals surface area contributed by atoms with Crippen molar-refractivity contribution < 1.29 is 27.9 Å². The molecule has 21 heavy (non-hydrogen) atoms. The number of hydrogen-bond donors (Lipinski definition) is 2. The summed E-state index contributed by atoms with van der Waals surface area (Å²) in [4.78, 5) is 26.0. The van der Waals surface area contributed by atoms with Crippen LogP contribution in [0.3, 0.4) is 0 Å². The molecule has 7 nitrogen and oxygen atoms in total. The molecule has 0 radical (unpaired) electrons. The Morgan fingerprint density at radius 1 is 1.48 bits per heavy atom. The molecule has 1 aromatic heterocycles. The van der Waals surface area contributed by atoms with Gasteiger partial charge in [-0.15, -0.1) is 5.10 Å². The summed E-state index contributed by atoms with van der Waals surface area (Å²) >= 11 is 0. The Bertz CT molecular complexity index is 596. The molecule has 1 unspecified atom stereocenters. The van der Waals surface area contributed by atoms with E-state index in [0.29, 0.717) is 4.68 Å². The number of amides is 1. The smallest absolute Gasteiger partial charge is 0.453 e. The van der Waals surface area contributed by atoms with Crippen molar-refractivity contribution in [2.45, 2.75) is 38.5 Å². The first kappa shape index (κ1) is 15.3. The van der Waals surface area contributed by atoms with Crippen LogP contribution in [0.25, 0.3) is 0 Å². The molecule has 0 aliphatic heterocycles. The maximum atomic E-state index is 12.3. The van der Waals surface area contributed by atoms with Gasteiger partial charge < -0.3 is 10.4 Å². The maximum Gasteiger partial charge on any atom is 0.453 e. The molecule has 1 amide bonds. The van der Waals surface area contributed by atoms with E-state index in [2.05, 4.69) is 15.4 Å². The van der Waals surface area contributed by atoms with Gasteiger partial charge >= 0.3 is 12.1 Å². The van der Waals surface area contributed by atoms with Crippen LogP contribution in [0.1, 0.15) is 26.1 Å². The first-order valence-corrected chi connectivity index (χ1v) is 5.99. The molecule has 0 saturated heterocycles. The quantitative estimate of drug-likeness (QED) is 0.852. The molecule has 2 rings (SSSR count). The highest BCUT2D eigenvalue weighted by Gasteiger charge is 2.68. The van der Waals surface area contributed by atoms with Gasteiger partial charge in [-0.2, -0.15) is 13.2 Å². The predicted molar refractivity (Wildman–Crippen MR) is 61.9 cm³/mol. The number of halogens is 3. The van der Waals surface area contributed by atoms with Crippen LogP contribution in [-0.4, -0.2) is 37.3 Å². The normalized spacial score (nSPS) is 23.7. The number of carbonyl (C=O) groups is 2. The number of nitrogens with zero attached hydrogens (tertiary/aromatic N) is 3. The lowest BCUT2D eigenvalue weighted by Crippen LogP contribution is -2.47. The predicted octanol–water partition coefficient (Wildman–Crippen LogP) is 0.666. The molecule has 1 aliphatic carbocycles. The minimum Gasteiger partial charge on any atom is -0.479 e. The third-order valence-corrected chi connectivity index (χ3v) is 3.55. The lowest BCUT2D eigenvalue weighted by Gasteiger charge is -2.17. The van der Waals surface area contributed by atoms with E-state index < -0.39 is 41.4 Å². The van der Waals surface area contributed by atoms with Crippen molar-refractivity contribution in [2.75, 3.05) is 0 Å². The molecule has 0 spiro atoms. The van der Waals surface area contributed by atoms with Gasteiger partial charge in [-0.1, -0.05) is 13.8 Å². The van der Waals surface area contributed by atoms with Gasteiger partial charge in [-0.3, -0.25) is 4.79 Å². The second-order valence-corrected chi connectivity index (χ2v) is 5.58. The number of carbonyl (C=O) groups excluding carboxylic acids is 1. The van der Waals surface area contributed by atoms with Crippen molar-refractivity contribution in [1.82, 2.24) is 20.1 Å². The molecule has 1 fully saturated rings. The molecule has 1 atom stereocenters. The lowest BCUT2D eigenvalue weighted by molar-refractivity contribution is -0.145. The summed E-state index contributed by atoms with van der Waals surface area (Å²) in [5, 5.41) is 14.6. The lowest BCUT2D eigenvalue weighted by atomic mass is 10.0. The molecule has 2 N–H and O–H groups in total. The van der Waals surface area contributed by atoms with Crippen molar-refractivity contribution >= 4 is 11.9 Å². The molecule has 10 heteroatoms. The maximum absolute atomic E-state index is 12.3. The van der Waals surface area contributed by atoms with Crippen molar-refractivity contribution in [3.63, 3.8) is 0 Å². The van der Waals surface area contributed by atoms with Crippen LogP contribution in [0.2, 0.25) is 0 Å². The Hall–Kier alpha value is -2.13. The Kier molecular flexibility index (Phi) is 3.22. The average molecular weight is 306 g/mol. The average Bonchev–Trinajstić information content (AvgIpc) is 2.70. The van der Waals surface area contributed by atoms with E-state index in [9.17, 15) is 22.8 Å². The van der Waals surface area contributed by atoms with Crippen molar-refractivity contribution in [2.24, 2.45) is 5.41 Å². The van der Waals surface area contributed by atoms with Gasteiger partial charge in [0.1, 0.15) is 18.4 Å². The third kappa shape index (κ3) is 2.69. The van der Waals surface area contributed by atoms with E-state index in [1.807, 2.05) is 0 Å². The highest BCUT2D eigenvalue weighted by Crippen LogP contribution is 2.55. The highest BCUT2D eigenvalue weighted by molar-refractivity contribution is 5.91. The van der Waals surface area contributed by atoms with Gasteiger partial charge in [0.25, 0.3) is 5.82 Å². The zero-order valence-electron chi connectivity index (χ0n) is 11.2. The first-order valence-electron chi connectivity index (χ1n) is 5.99. The van der Waals surface area contributed by atoms with E-state index in [4.69, 9.17) is 5.11 Å². The number of carboxylic acid groups (broad SMARTS) is 1. The van der Waals surface area contributed by atoms with Crippen LogP contribution in [0, 0.1) is 5.41 Å². The number of aromatic nitrogens is 3. The molecule has 0 aromatic carbocycles. The van der Waals surface area contributed by atoms with E-state index in [1.54, 1.807) is 13.8 Å². The molecule has 1 saturated carbocycles. The SMILES string of the molecule is CC1(C)CC1(NC(=O)Cn1cnc(C(F)(F)F)n1)C(=O)O. The number of rotatable bonds is 4. The molecule has 1 aromatic rings. The van der Waals surface area contributed by atoms with E-state index in [-0.39, 0.29) is 6.42 Å². The fourth-order valence-electron chi connectivity index (χ4n) is 2.18. The van der Waals surface area contributed by atoms with E-state index >= 15 is 0 Å². The summed E-state index contributed by atoms with van der Waals surface area (Å²) < 4.78 is 37.6. The summed E-state index contributed by atoms with van der Waals surface area (Å²) in [5.41, 5.74) is -1.98. The number of nitrogens with one attached hydrogen (secondary N) is 1. The van der Waals surface area contributed by atoms with Crippen LogP contribution in [0.15, 0.2) is 6.33 Å². The van der Waals surface area contributed by atoms with Crippen LogP contribution < -0.4 is 5.32 Å². The van der Waals surface area contributed by atoms with Gasteiger partial charge in [0.05, 0.1) is 0 Å². The molecule has 1 heterocycles. The van der Waals surface area contributed by atoms with Gasteiger partial charge in [-0.05, 0) is 6.42 Å². The first-order chi connectivity index (χ1) is 9.48. The van der Waals surface area contributed by atoms with E-state index in [1.165, 1.54) is 0 Å². The van der Waals surface area contributed by atoms with Crippen molar-refractivity contribution in [3.05, 3.63) is 12.2 Å². The largest absolute Gasteiger partial charge is 0.479 e. The summed E-state index contributed by atoms with van der Waals surface area (Å²) in [6.45, 7) is 2.82. The van der Waals surface area contributed by atoms with Gasteiger partial charge in [-0.25, -0.2) is 14.5 Å². The fraction of sp³-hybridized carbons (Fsp3) is 0.636. The Morgan fingerprint density at radius 3 is 2.43 bits per heavy atom. The van der Waals surface area contributed by atoms with E-state index in [0.717, 1.165) is 6.33 Å². The molecule has 116 valence electrons. The topological polar surface area (TPSA) is 97.1 Å². The molecule has 1 aliphatic rings. The van der Waals surface area contributed by atoms with Crippen LogP contribution in [-0.2, 0) is 22.3 Å². The van der Waals surface area contributed by atoms with Crippen molar-refractivity contribution in [1.29, 1.82) is 0 Å². The second kappa shape index (κ2) is 4.43. The summed E-state index contributed by atoms with van der Waals surface area (Å²) in [6, 6.07) is 0. The Morgan fingerprint density at radius 2 is 2.05 bits per heavy atom. The van der Waals surface area contributed by atoms with Gasteiger partial charge in [0, 0.05) is 5.41 Å². The minimum absolute atomic E-state index is 0.256. The number of alkyl halides is 3. The zero-order chi connectivity index (χ0) is 16.1. The third-order valence-electron chi connectivity index (χ3n) is 3.55. The summed E-state index contributed by atoms with van der Waals surface area (Å²) in [7, 11) is 0. The highest BCUT2D eigenvalue weighted by atomic mass is 19.4. The van der Waals surface area contributed by atoms with Gasteiger partial charge in [0.15, 0.2) is 0 Å². The number of carboxylic acids is 1. The zero-order valence-corrected chi connectivity index (χ0v) is 11.2. The summed E-state index contributed by atoms with van der Waals surface area (Å²) in [6.07, 6.45) is -3.66. The minimum atomic E-state index is -4.69. The number of hydrogen-bond acceptors (Lipinski definition) is 4. The molecular formula is C11H13F3N4O3. The summed E-state index contributed by atoms with van der Waals surface area (Å²) in [5.74, 6) is -3.26. The van der Waals surface area contributed by atoms with Crippen molar-refractivity contribution in [3.8, 4) is 0 Å². The second-order valence-electron chi connectivity index (χ2n) is 5.58. The fourth-order valence-corrected chi connectivity index (χ4v) is 2.18. The van der Waals surface area contributed by atoms with Gasteiger partial charge in [0.2, 0.25) is 5.91 Å². The number of aliphatic carboxylic acids is 1. The van der Waals surface area contributed by atoms with Crippen LogP contribution in [0.5, 0.6) is 0 Å². The Labute approximate surface area is 117 Å². The van der Waals surface area contributed by atoms with Crippen LogP contribution in [0.4, 0.5) is 13.2 Å².